The van der Waals surface area contributed by atoms with E-state index >= 15 is 0 Å². The van der Waals surface area contributed by atoms with Gasteiger partial charge in [-0.15, -0.1) is 11.3 Å². The summed E-state index contributed by atoms with van der Waals surface area (Å²) in [6.45, 7) is 0. The molecule has 1 N–H and O–H groups in total. The fourth-order valence-corrected chi connectivity index (χ4v) is 4.46. The second kappa shape index (κ2) is 7.14. The number of thiophene rings is 1. The summed E-state index contributed by atoms with van der Waals surface area (Å²) in [5.41, 5.74) is 2.32. The van der Waals surface area contributed by atoms with Crippen LogP contribution >= 0.6 is 22.9 Å². The summed E-state index contributed by atoms with van der Waals surface area (Å²) in [6.07, 6.45) is 5.81. The molecule has 4 rings (SSSR count). The molecule has 0 radical (unpaired) electrons. The number of benzene rings is 1. The molecular weight excluding hydrogens is 352 g/mol. The van der Waals surface area contributed by atoms with Crippen LogP contribution in [0.25, 0.3) is 21.5 Å². The van der Waals surface area contributed by atoms with Crippen molar-refractivity contribution in [1.29, 1.82) is 0 Å². The van der Waals surface area contributed by atoms with Gasteiger partial charge < -0.3 is 5.32 Å². The summed E-state index contributed by atoms with van der Waals surface area (Å²) in [4.78, 5) is 18.6. The average Bonchev–Trinajstić information content (AvgIpc) is 3.08. The maximum absolute atomic E-state index is 13.0. The van der Waals surface area contributed by atoms with E-state index in [-0.39, 0.29) is 11.9 Å². The van der Waals surface area contributed by atoms with Crippen LogP contribution in [-0.2, 0) is 0 Å². The third-order valence-corrected chi connectivity index (χ3v) is 5.98. The number of halogens is 1. The second-order valence-corrected chi connectivity index (χ2v) is 8.20. The zero-order valence-electron chi connectivity index (χ0n) is 13.8. The molecule has 0 unspecified atom stereocenters. The molecule has 0 saturated heterocycles. The van der Waals surface area contributed by atoms with Gasteiger partial charge in [-0.3, -0.25) is 4.79 Å². The molecule has 5 heteroatoms. The molecule has 2 aromatic heterocycles. The predicted molar refractivity (Wildman–Crippen MR) is 104 cm³/mol. The number of nitrogens with zero attached hydrogens (tertiary/aromatic N) is 1. The van der Waals surface area contributed by atoms with Crippen LogP contribution in [0.3, 0.4) is 0 Å². The number of rotatable bonds is 3. The van der Waals surface area contributed by atoms with E-state index in [1.54, 1.807) is 0 Å². The van der Waals surface area contributed by atoms with E-state index in [4.69, 9.17) is 16.6 Å². The van der Waals surface area contributed by atoms with Crippen LogP contribution in [0.4, 0.5) is 0 Å². The Morgan fingerprint density at radius 1 is 1.12 bits per heavy atom. The van der Waals surface area contributed by atoms with Gasteiger partial charge in [0.1, 0.15) is 0 Å². The lowest BCUT2D eigenvalue weighted by Gasteiger charge is -2.23. The third kappa shape index (κ3) is 3.55. The number of fused-ring (bicyclic) bond motifs is 1. The Balaban J connectivity index is 1.74. The quantitative estimate of drug-likeness (QED) is 0.644. The van der Waals surface area contributed by atoms with Crippen LogP contribution in [0, 0.1) is 0 Å². The molecule has 1 fully saturated rings. The van der Waals surface area contributed by atoms with Crippen LogP contribution in [0.1, 0.15) is 42.5 Å². The first-order valence-electron chi connectivity index (χ1n) is 8.67. The molecule has 0 spiro atoms. The van der Waals surface area contributed by atoms with Gasteiger partial charge in [0.05, 0.1) is 26.0 Å². The molecule has 0 atom stereocenters. The lowest BCUT2D eigenvalue weighted by atomic mass is 9.95. The van der Waals surface area contributed by atoms with Crippen molar-refractivity contribution in [3.63, 3.8) is 0 Å². The fraction of sp³-hybridized carbons (Fsp3) is 0.300. The molecule has 3 aromatic rings. The van der Waals surface area contributed by atoms with E-state index in [1.807, 2.05) is 42.5 Å². The maximum atomic E-state index is 13.0. The number of carbonyl (C=O) groups is 1. The van der Waals surface area contributed by atoms with Crippen molar-refractivity contribution in [2.75, 3.05) is 0 Å². The number of carbonyl (C=O) groups excluding carboxylic acids is 1. The van der Waals surface area contributed by atoms with E-state index in [0.29, 0.717) is 5.56 Å². The highest BCUT2D eigenvalue weighted by Gasteiger charge is 2.19. The van der Waals surface area contributed by atoms with Gasteiger partial charge in [-0.1, -0.05) is 49.1 Å². The topological polar surface area (TPSA) is 42.0 Å². The summed E-state index contributed by atoms with van der Waals surface area (Å²) in [5, 5.41) is 4.11. The van der Waals surface area contributed by atoms with Gasteiger partial charge in [-0.25, -0.2) is 4.98 Å². The second-order valence-electron chi connectivity index (χ2n) is 6.48. The van der Waals surface area contributed by atoms with Gasteiger partial charge in [0.2, 0.25) is 0 Å². The van der Waals surface area contributed by atoms with Crippen LogP contribution in [0.15, 0.2) is 42.5 Å². The molecule has 2 heterocycles. The first-order chi connectivity index (χ1) is 12.2. The van der Waals surface area contributed by atoms with Gasteiger partial charge in [0, 0.05) is 11.4 Å². The summed E-state index contributed by atoms with van der Waals surface area (Å²) in [7, 11) is 0. The van der Waals surface area contributed by atoms with Gasteiger partial charge in [0.25, 0.3) is 5.91 Å². The Morgan fingerprint density at radius 2 is 1.92 bits per heavy atom. The van der Waals surface area contributed by atoms with E-state index in [0.717, 1.165) is 38.7 Å². The zero-order chi connectivity index (χ0) is 17.2. The lowest BCUT2D eigenvalue weighted by Crippen LogP contribution is -2.36. The minimum Gasteiger partial charge on any atom is -0.349 e. The molecule has 1 saturated carbocycles. The first-order valence-corrected chi connectivity index (χ1v) is 9.86. The summed E-state index contributed by atoms with van der Waals surface area (Å²) in [6, 6.07) is 13.8. The summed E-state index contributed by atoms with van der Waals surface area (Å²) < 4.78 is 0.721. The number of amides is 1. The monoisotopic (exact) mass is 370 g/mol. The molecule has 25 heavy (non-hydrogen) atoms. The summed E-state index contributed by atoms with van der Waals surface area (Å²) >= 11 is 7.55. The Hall–Kier alpha value is -1.91. The molecule has 0 bridgehead atoms. The van der Waals surface area contributed by atoms with E-state index in [2.05, 4.69) is 5.32 Å². The molecule has 0 aliphatic heterocycles. The van der Waals surface area contributed by atoms with Crippen molar-refractivity contribution < 1.29 is 4.79 Å². The number of pyridine rings is 1. The van der Waals surface area contributed by atoms with Gasteiger partial charge in [0.15, 0.2) is 0 Å². The van der Waals surface area contributed by atoms with Crippen molar-refractivity contribution in [3.8, 4) is 10.6 Å². The molecule has 1 aliphatic rings. The molecule has 3 nitrogen and oxygen atoms in total. The van der Waals surface area contributed by atoms with Gasteiger partial charge in [-0.05, 0) is 37.1 Å². The Bertz CT molecular complexity index is 915. The number of aromatic nitrogens is 1. The highest BCUT2D eigenvalue weighted by molar-refractivity contribution is 7.19. The van der Waals surface area contributed by atoms with Crippen LogP contribution < -0.4 is 5.32 Å². The standard InChI is InChI=1S/C20H19ClN2OS/c21-19-11-10-18(25-19)17-12-15(14-8-4-5-9-16(14)23-17)20(24)22-13-6-2-1-3-7-13/h4-5,8-13H,1-3,6-7H2,(H,22,24). The van der Waals surface area contributed by atoms with E-state index < -0.39 is 0 Å². The summed E-state index contributed by atoms with van der Waals surface area (Å²) in [5.74, 6) is -0.00518. The van der Waals surface area contributed by atoms with Crippen LogP contribution in [-0.4, -0.2) is 16.9 Å². The Kier molecular flexibility index (Phi) is 4.73. The Labute approximate surface area is 156 Å². The lowest BCUT2D eigenvalue weighted by molar-refractivity contribution is 0.0929. The van der Waals surface area contributed by atoms with Gasteiger partial charge in [-0.2, -0.15) is 0 Å². The minimum atomic E-state index is -0.00518. The molecule has 1 aromatic carbocycles. The largest absolute Gasteiger partial charge is 0.349 e. The third-order valence-electron chi connectivity index (χ3n) is 4.73. The van der Waals surface area contributed by atoms with Crippen molar-refractivity contribution in [3.05, 3.63) is 52.4 Å². The van der Waals surface area contributed by atoms with Gasteiger partial charge >= 0.3 is 0 Å². The first kappa shape index (κ1) is 16.6. The van der Waals surface area contributed by atoms with Crippen molar-refractivity contribution >= 4 is 39.7 Å². The molecule has 128 valence electrons. The number of para-hydroxylation sites is 1. The fourth-order valence-electron chi connectivity index (χ4n) is 3.45. The minimum absolute atomic E-state index is 0.00518. The normalized spacial score (nSPS) is 15.4. The Morgan fingerprint density at radius 3 is 2.68 bits per heavy atom. The van der Waals surface area contributed by atoms with E-state index in [1.165, 1.54) is 30.6 Å². The van der Waals surface area contributed by atoms with Crippen LogP contribution in [0.5, 0.6) is 0 Å². The van der Waals surface area contributed by atoms with E-state index in [9.17, 15) is 4.79 Å². The number of hydrogen-bond acceptors (Lipinski definition) is 3. The van der Waals surface area contributed by atoms with Crippen LogP contribution in [0.2, 0.25) is 4.34 Å². The zero-order valence-corrected chi connectivity index (χ0v) is 15.4. The average molecular weight is 371 g/mol. The SMILES string of the molecule is O=C(NC1CCCCC1)c1cc(-c2ccc(Cl)s2)nc2ccccc12. The maximum Gasteiger partial charge on any atom is 0.252 e. The number of hydrogen-bond donors (Lipinski definition) is 1. The molecular formula is C20H19ClN2OS. The molecule has 1 amide bonds. The smallest absolute Gasteiger partial charge is 0.252 e. The highest BCUT2D eigenvalue weighted by atomic mass is 35.5. The van der Waals surface area contributed by atoms with Crippen molar-refractivity contribution in [1.82, 2.24) is 10.3 Å². The number of nitrogens with one attached hydrogen (secondary N) is 1. The highest BCUT2D eigenvalue weighted by Crippen LogP contribution is 2.32. The van der Waals surface area contributed by atoms with Crippen molar-refractivity contribution in [2.24, 2.45) is 0 Å². The predicted octanol–water partition coefficient (Wildman–Crippen LogP) is 5.68. The molecule has 1 aliphatic carbocycles. The van der Waals surface area contributed by atoms with Crippen molar-refractivity contribution in [2.45, 2.75) is 38.1 Å².